The van der Waals surface area contributed by atoms with E-state index in [9.17, 15) is 14.0 Å². The topological polar surface area (TPSA) is 69.6 Å². The molecule has 1 aromatic carbocycles. The molecule has 0 bridgehead atoms. The summed E-state index contributed by atoms with van der Waals surface area (Å²) < 4.78 is 13.4. The second-order valence-electron chi connectivity index (χ2n) is 3.99. The molecule has 0 aliphatic heterocycles. The average molecular weight is 368 g/mol. The van der Waals surface area contributed by atoms with E-state index in [4.69, 9.17) is 16.7 Å². The highest BCUT2D eigenvalue weighted by atomic mass is 79.9. The van der Waals surface area contributed by atoms with Gasteiger partial charge in [0.25, 0.3) is 0 Å². The Morgan fingerprint density at radius 3 is 2.65 bits per heavy atom. The second kappa shape index (κ2) is 7.44. The summed E-state index contributed by atoms with van der Waals surface area (Å²) in [4.78, 5) is 23.9. The van der Waals surface area contributed by atoms with Gasteiger partial charge in [0.2, 0.25) is 0 Å². The van der Waals surface area contributed by atoms with Crippen molar-refractivity contribution in [1.29, 1.82) is 0 Å². The Bertz CT molecular complexity index is 504. The van der Waals surface area contributed by atoms with E-state index in [1.807, 2.05) is 6.92 Å². The van der Waals surface area contributed by atoms with Crippen LogP contribution in [0.1, 0.15) is 13.3 Å². The van der Waals surface area contributed by atoms with Crippen LogP contribution in [0.3, 0.4) is 0 Å². The molecule has 1 aromatic rings. The standard InChI is InChI=1S/C12H13BrClFN2O3/c1-2-3-17(6-10(18)19)12(20)16-11-8(13)4-7(15)5-9(11)14/h4-5H,2-3,6H2,1H3,(H,16,20)(H,18,19). The van der Waals surface area contributed by atoms with Crippen LogP contribution >= 0.6 is 27.5 Å². The molecule has 0 unspecified atom stereocenters. The molecule has 0 aliphatic rings. The van der Waals surface area contributed by atoms with E-state index < -0.39 is 24.4 Å². The quantitative estimate of drug-likeness (QED) is 0.836. The number of nitrogens with zero attached hydrogens (tertiary/aromatic N) is 1. The zero-order valence-corrected chi connectivity index (χ0v) is 13.0. The van der Waals surface area contributed by atoms with Gasteiger partial charge in [-0.15, -0.1) is 0 Å². The summed E-state index contributed by atoms with van der Waals surface area (Å²) in [5, 5.41) is 11.3. The number of anilines is 1. The number of carbonyl (C=O) groups is 2. The summed E-state index contributed by atoms with van der Waals surface area (Å²) in [5.41, 5.74) is 0.199. The first-order valence-corrected chi connectivity index (χ1v) is 6.94. The monoisotopic (exact) mass is 366 g/mol. The summed E-state index contributed by atoms with van der Waals surface area (Å²) >= 11 is 8.94. The molecular weight excluding hydrogens is 354 g/mol. The minimum Gasteiger partial charge on any atom is -0.480 e. The van der Waals surface area contributed by atoms with Crippen molar-refractivity contribution in [2.24, 2.45) is 0 Å². The Kier molecular flexibility index (Phi) is 6.22. The number of urea groups is 1. The lowest BCUT2D eigenvalue weighted by atomic mass is 10.3. The van der Waals surface area contributed by atoms with E-state index in [1.54, 1.807) is 0 Å². The fourth-order valence-corrected chi connectivity index (χ4v) is 2.43. The molecule has 0 heterocycles. The molecule has 8 heteroatoms. The number of carboxylic acids is 1. The van der Waals surface area contributed by atoms with Crippen LogP contribution in [0.2, 0.25) is 5.02 Å². The molecule has 0 atom stereocenters. The van der Waals surface area contributed by atoms with Gasteiger partial charge in [0.1, 0.15) is 12.4 Å². The maximum Gasteiger partial charge on any atom is 0.323 e. The normalized spacial score (nSPS) is 10.2. The van der Waals surface area contributed by atoms with Gasteiger partial charge < -0.3 is 15.3 Å². The van der Waals surface area contributed by atoms with Crippen LogP contribution in [0.4, 0.5) is 14.9 Å². The average Bonchev–Trinajstić information content (AvgIpc) is 2.32. The molecule has 0 spiro atoms. The minimum atomic E-state index is -1.11. The number of hydrogen-bond acceptors (Lipinski definition) is 2. The molecule has 0 radical (unpaired) electrons. The van der Waals surface area contributed by atoms with E-state index in [0.717, 1.165) is 17.0 Å². The van der Waals surface area contributed by atoms with Crippen LogP contribution in [0.25, 0.3) is 0 Å². The lowest BCUT2D eigenvalue weighted by molar-refractivity contribution is -0.137. The van der Waals surface area contributed by atoms with Crippen LogP contribution in [-0.4, -0.2) is 35.1 Å². The van der Waals surface area contributed by atoms with E-state index in [0.29, 0.717) is 6.42 Å². The fourth-order valence-electron chi connectivity index (χ4n) is 1.53. The molecule has 1 rings (SSSR count). The van der Waals surface area contributed by atoms with Crippen molar-refractivity contribution in [2.75, 3.05) is 18.4 Å². The SMILES string of the molecule is CCCN(CC(=O)O)C(=O)Nc1c(Cl)cc(F)cc1Br. The zero-order valence-electron chi connectivity index (χ0n) is 10.6. The summed E-state index contributed by atoms with van der Waals surface area (Å²) in [6, 6.07) is 1.61. The van der Waals surface area contributed by atoms with Crippen molar-refractivity contribution in [1.82, 2.24) is 4.90 Å². The van der Waals surface area contributed by atoms with Gasteiger partial charge in [0.05, 0.1) is 10.7 Å². The molecule has 0 aromatic heterocycles. The lowest BCUT2D eigenvalue weighted by Crippen LogP contribution is -2.39. The van der Waals surface area contributed by atoms with Crippen LogP contribution < -0.4 is 5.32 Å². The van der Waals surface area contributed by atoms with E-state index in [1.165, 1.54) is 0 Å². The van der Waals surface area contributed by atoms with Gasteiger partial charge in [-0.25, -0.2) is 9.18 Å². The Hall–Kier alpha value is -1.34. The van der Waals surface area contributed by atoms with Crippen molar-refractivity contribution < 1.29 is 19.1 Å². The predicted molar refractivity (Wildman–Crippen MR) is 77.6 cm³/mol. The molecule has 2 amide bonds. The molecule has 110 valence electrons. The number of carboxylic acid groups (broad SMARTS) is 1. The van der Waals surface area contributed by atoms with Crippen LogP contribution in [-0.2, 0) is 4.79 Å². The van der Waals surface area contributed by atoms with Gasteiger partial charge in [0, 0.05) is 11.0 Å². The number of amides is 2. The van der Waals surface area contributed by atoms with Crippen molar-refractivity contribution in [3.05, 3.63) is 27.4 Å². The van der Waals surface area contributed by atoms with E-state index >= 15 is 0 Å². The smallest absolute Gasteiger partial charge is 0.323 e. The summed E-state index contributed by atoms with van der Waals surface area (Å²) in [7, 11) is 0. The Morgan fingerprint density at radius 1 is 1.50 bits per heavy atom. The van der Waals surface area contributed by atoms with Gasteiger partial charge in [-0.2, -0.15) is 0 Å². The number of carbonyl (C=O) groups excluding carboxylic acids is 1. The predicted octanol–water partition coefficient (Wildman–Crippen LogP) is 3.57. The second-order valence-corrected chi connectivity index (χ2v) is 5.25. The molecule has 20 heavy (non-hydrogen) atoms. The fraction of sp³-hybridized carbons (Fsp3) is 0.333. The van der Waals surface area contributed by atoms with E-state index in [2.05, 4.69) is 21.2 Å². The Morgan fingerprint density at radius 2 is 2.15 bits per heavy atom. The third-order valence-electron chi connectivity index (χ3n) is 2.35. The first-order chi connectivity index (χ1) is 9.35. The summed E-state index contributed by atoms with van der Waals surface area (Å²) in [6.45, 7) is 1.69. The molecule has 0 aliphatic carbocycles. The molecule has 5 nitrogen and oxygen atoms in total. The molecule has 0 saturated heterocycles. The number of benzene rings is 1. The molecule has 2 N–H and O–H groups in total. The van der Waals surface area contributed by atoms with Gasteiger partial charge in [-0.05, 0) is 34.5 Å². The first-order valence-electron chi connectivity index (χ1n) is 5.77. The van der Waals surface area contributed by atoms with Crippen LogP contribution in [0.5, 0.6) is 0 Å². The Balaban J connectivity index is 2.90. The first kappa shape index (κ1) is 16.7. The van der Waals surface area contributed by atoms with Crippen molar-refractivity contribution in [3.8, 4) is 0 Å². The molecular formula is C12H13BrClFN2O3. The highest BCUT2D eigenvalue weighted by Crippen LogP contribution is 2.31. The highest BCUT2D eigenvalue weighted by molar-refractivity contribution is 9.10. The van der Waals surface area contributed by atoms with Crippen molar-refractivity contribution >= 4 is 45.2 Å². The number of nitrogens with one attached hydrogen (secondary N) is 1. The summed E-state index contributed by atoms with van der Waals surface area (Å²) in [6.07, 6.45) is 0.610. The van der Waals surface area contributed by atoms with Crippen molar-refractivity contribution in [3.63, 3.8) is 0 Å². The summed E-state index contributed by atoms with van der Waals surface area (Å²) in [5.74, 6) is -1.66. The molecule has 0 saturated carbocycles. The lowest BCUT2D eigenvalue weighted by Gasteiger charge is -2.21. The van der Waals surface area contributed by atoms with Gasteiger partial charge in [0.15, 0.2) is 0 Å². The van der Waals surface area contributed by atoms with Gasteiger partial charge in [-0.3, -0.25) is 4.79 Å². The van der Waals surface area contributed by atoms with Crippen LogP contribution in [0, 0.1) is 5.82 Å². The molecule has 0 fully saturated rings. The van der Waals surface area contributed by atoms with E-state index in [-0.39, 0.29) is 21.7 Å². The number of rotatable bonds is 5. The highest BCUT2D eigenvalue weighted by Gasteiger charge is 2.18. The zero-order chi connectivity index (χ0) is 15.3. The maximum atomic E-state index is 13.1. The maximum absolute atomic E-state index is 13.1. The third kappa shape index (κ3) is 4.64. The minimum absolute atomic E-state index is 0.0250. The number of aliphatic carboxylic acids is 1. The van der Waals surface area contributed by atoms with Crippen molar-refractivity contribution in [2.45, 2.75) is 13.3 Å². The van der Waals surface area contributed by atoms with Gasteiger partial charge >= 0.3 is 12.0 Å². The third-order valence-corrected chi connectivity index (χ3v) is 3.27. The number of halogens is 3. The largest absolute Gasteiger partial charge is 0.480 e. The number of hydrogen-bond donors (Lipinski definition) is 2. The van der Waals surface area contributed by atoms with Crippen LogP contribution in [0.15, 0.2) is 16.6 Å². The Labute approximate surface area is 128 Å². The van der Waals surface area contributed by atoms with Gasteiger partial charge in [-0.1, -0.05) is 18.5 Å².